The van der Waals surface area contributed by atoms with Gasteiger partial charge in [-0.15, -0.1) is 0 Å². The molecule has 1 N–H and O–H groups in total. The van der Waals surface area contributed by atoms with E-state index in [0.717, 1.165) is 16.9 Å². The summed E-state index contributed by atoms with van der Waals surface area (Å²) in [5.41, 5.74) is 3.31. The maximum Gasteiger partial charge on any atom is 0.166 e. The highest BCUT2D eigenvalue weighted by Crippen LogP contribution is 2.35. The minimum Gasteiger partial charge on any atom is -0.493 e. The predicted octanol–water partition coefficient (Wildman–Crippen LogP) is 5.78. The van der Waals surface area contributed by atoms with E-state index < -0.39 is 0 Å². The molecule has 0 saturated heterocycles. The summed E-state index contributed by atoms with van der Waals surface area (Å²) in [4.78, 5) is 0. The van der Waals surface area contributed by atoms with Crippen molar-refractivity contribution in [1.82, 2.24) is 5.32 Å². The first-order valence-electron chi connectivity index (χ1n) is 8.99. The Labute approximate surface area is 165 Å². The third-order valence-corrected chi connectivity index (χ3v) is 4.66. The van der Waals surface area contributed by atoms with Gasteiger partial charge in [0.15, 0.2) is 11.5 Å². The van der Waals surface area contributed by atoms with Crippen LogP contribution in [0.1, 0.15) is 29.7 Å². The number of hydrogen-bond acceptors (Lipinski definition) is 3. The lowest BCUT2D eigenvalue weighted by Gasteiger charge is -2.19. The van der Waals surface area contributed by atoms with Gasteiger partial charge in [0, 0.05) is 29.2 Å². The molecular formula is C23H24ClNO2. The predicted molar refractivity (Wildman–Crippen MR) is 110 cm³/mol. The summed E-state index contributed by atoms with van der Waals surface area (Å²) in [5.74, 6) is 1.36. The Kier molecular flexibility index (Phi) is 6.74. The Morgan fingerprint density at radius 1 is 0.963 bits per heavy atom. The maximum absolute atomic E-state index is 6.29. The SMILES string of the molecule is COc1cc(Cl)cc(CN[C@H](C)c2ccccc2)c1OCc1ccccc1. The molecular weight excluding hydrogens is 358 g/mol. The Morgan fingerprint density at radius 2 is 1.63 bits per heavy atom. The van der Waals surface area contributed by atoms with Crippen LogP contribution in [0.25, 0.3) is 0 Å². The Morgan fingerprint density at radius 3 is 2.30 bits per heavy atom. The van der Waals surface area contributed by atoms with E-state index in [0.29, 0.717) is 23.9 Å². The van der Waals surface area contributed by atoms with Crippen molar-refractivity contribution in [3.63, 3.8) is 0 Å². The molecule has 0 heterocycles. The Bertz CT molecular complexity index is 853. The molecule has 1 atom stereocenters. The van der Waals surface area contributed by atoms with Gasteiger partial charge >= 0.3 is 0 Å². The fraction of sp³-hybridized carbons (Fsp3) is 0.217. The summed E-state index contributed by atoms with van der Waals surface area (Å²) in [6, 6.07) is 24.3. The van der Waals surface area contributed by atoms with Gasteiger partial charge in [-0.05, 0) is 24.1 Å². The molecule has 0 amide bonds. The summed E-state index contributed by atoms with van der Waals surface area (Å²) in [7, 11) is 1.63. The van der Waals surface area contributed by atoms with Gasteiger partial charge in [0.05, 0.1) is 7.11 Å². The molecule has 140 valence electrons. The average molecular weight is 382 g/mol. The minimum atomic E-state index is 0.207. The number of nitrogens with one attached hydrogen (secondary N) is 1. The van der Waals surface area contributed by atoms with Crippen LogP contribution in [0, 0.1) is 0 Å². The zero-order valence-corrected chi connectivity index (χ0v) is 16.4. The third kappa shape index (κ3) is 5.25. The van der Waals surface area contributed by atoms with Crippen LogP contribution in [0.5, 0.6) is 11.5 Å². The monoisotopic (exact) mass is 381 g/mol. The third-order valence-electron chi connectivity index (χ3n) is 4.44. The molecule has 0 aliphatic rings. The molecule has 0 aliphatic carbocycles. The lowest BCUT2D eigenvalue weighted by molar-refractivity contribution is 0.280. The minimum absolute atomic E-state index is 0.207. The quantitative estimate of drug-likeness (QED) is 0.536. The topological polar surface area (TPSA) is 30.5 Å². The van der Waals surface area contributed by atoms with Crippen molar-refractivity contribution in [3.05, 3.63) is 94.5 Å². The van der Waals surface area contributed by atoms with Crippen LogP contribution in [0.2, 0.25) is 5.02 Å². The van der Waals surface area contributed by atoms with Crippen LogP contribution >= 0.6 is 11.6 Å². The van der Waals surface area contributed by atoms with Crippen molar-refractivity contribution in [2.24, 2.45) is 0 Å². The van der Waals surface area contributed by atoms with Gasteiger partial charge < -0.3 is 14.8 Å². The lowest BCUT2D eigenvalue weighted by atomic mass is 10.1. The van der Waals surface area contributed by atoms with Gasteiger partial charge in [-0.1, -0.05) is 72.3 Å². The van der Waals surface area contributed by atoms with Crippen LogP contribution in [-0.2, 0) is 13.2 Å². The van der Waals surface area contributed by atoms with E-state index in [1.54, 1.807) is 13.2 Å². The van der Waals surface area contributed by atoms with Crippen molar-refractivity contribution in [1.29, 1.82) is 0 Å². The molecule has 0 aromatic heterocycles. The molecule has 0 bridgehead atoms. The molecule has 27 heavy (non-hydrogen) atoms. The van der Waals surface area contributed by atoms with E-state index >= 15 is 0 Å². The van der Waals surface area contributed by atoms with Crippen LogP contribution in [0.3, 0.4) is 0 Å². The van der Waals surface area contributed by atoms with E-state index in [-0.39, 0.29) is 6.04 Å². The van der Waals surface area contributed by atoms with E-state index in [2.05, 4.69) is 24.4 Å². The van der Waals surface area contributed by atoms with Crippen LogP contribution in [0.15, 0.2) is 72.8 Å². The fourth-order valence-corrected chi connectivity index (χ4v) is 3.15. The van der Waals surface area contributed by atoms with Gasteiger partial charge in [-0.25, -0.2) is 0 Å². The molecule has 0 saturated carbocycles. The van der Waals surface area contributed by atoms with E-state index in [1.807, 2.05) is 54.6 Å². The number of hydrogen-bond donors (Lipinski definition) is 1. The van der Waals surface area contributed by atoms with Crippen molar-refractivity contribution in [2.45, 2.75) is 26.1 Å². The number of benzene rings is 3. The Balaban J connectivity index is 1.77. The van der Waals surface area contributed by atoms with Crippen LogP contribution in [-0.4, -0.2) is 7.11 Å². The zero-order chi connectivity index (χ0) is 19.1. The van der Waals surface area contributed by atoms with Crippen molar-refractivity contribution in [3.8, 4) is 11.5 Å². The molecule has 3 rings (SSSR count). The molecule has 0 unspecified atom stereocenters. The summed E-state index contributed by atoms with van der Waals surface area (Å²) in [6.07, 6.45) is 0. The van der Waals surface area contributed by atoms with Crippen LogP contribution < -0.4 is 14.8 Å². The molecule has 3 aromatic carbocycles. The summed E-state index contributed by atoms with van der Waals surface area (Å²) < 4.78 is 11.6. The number of halogens is 1. The first-order valence-corrected chi connectivity index (χ1v) is 9.36. The first-order chi connectivity index (χ1) is 13.2. The molecule has 0 aliphatic heterocycles. The van der Waals surface area contributed by atoms with E-state index in [4.69, 9.17) is 21.1 Å². The summed E-state index contributed by atoms with van der Waals surface area (Å²) >= 11 is 6.29. The molecule has 0 radical (unpaired) electrons. The number of ether oxygens (including phenoxy) is 2. The second-order valence-corrected chi connectivity index (χ2v) is 6.82. The van der Waals surface area contributed by atoms with Crippen molar-refractivity contribution < 1.29 is 9.47 Å². The van der Waals surface area contributed by atoms with E-state index in [9.17, 15) is 0 Å². The normalized spacial score (nSPS) is 11.8. The van der Waals surface area contributed by atoms with Gasteiger partial charge in [0.2, 0.25) is 0 Å². The van der Waals surface area contributed by atoms with Gasteiger partial charge in [0.1, 0.15) is 6.61 Å². The highest BCUT2D eigenvalue weighted by Gasteiger charge is 2.14. The Hall–Kier alpha value is -2.49. The average Bonchev–Trinajstić information content (AvgIpc) is 2.72. The number of rotatable bonds is 8. The second kappa shape index (κ2) is 9.45. The van der Waals surface area contributed by atoms with Gasteiger partial charge in [-0.2, -0.15) is 0 Å². The number of methoxy groups -OCH3 is 1. The smallest absolute Gasteiger partial charge is 0.166 e. The van der Waals surface area contributed by atoms with Crippen molar-refractivity contribution in [2.75, 3.05) is 7.11 Å². The summed E-state index contributed by atoms with van der Waals surface area (Å²) in [6.45, 7) is 3.23. The standard InChI is InChI=1S/C23H24ClNO2/c1-17(19-11-7-4-8-12-19)25-15-20-13-21(24)14-22(26-2)23(20)27-16-18-9-5-3-6-10-18/h3-14,17,25H,15-16H2,1-2H3/t17-/m1/s1. The van der Waals surface area contributed by atoms with Crippen LogP contribution in [0.4, 0.5) is 0 Å². The fourth-order valence-electron chi connectivity index (χ4n) is 2.92. The zero-order valence-electron chi connectivity index (χ0n) is 15.6. The molecule has 3 nitrogen and oxygen atoms in total. The van der Waals surface area contributed by atoms with Crippen molar-refractivity contribution >= 4 is 11.6 Å². The van der Waals surface area contributed by atoms with Gasteiger partial charge in [-0.3, -0.25) is 0 Å². The molecule has 3 aromatic rings. The highest BCUT2D eigenvalue weighted by molar-refractivity contribution is 6.30. The lowest BCUT2D eigenvalue weighted by Crippen LogP contribution is -2.18. The first kappa shape index (κ1) is 19.3. The maximum atomic E-state index is 6.29. The van der Waals surface area contributed by atoms with E-state index in [1.165, 1.54) is 5.56 Å². The molecule has 4 heteroatoms. The largest absolute Gasteiger partial charge is 0.493 e. The van der Waals surface area contributed by atoms with Gasteiger partial charge in [0.25, 0.3) is 0 Å². The second-order valence-electron chi connectivity index (χ2n) is 6.38. The molecule has 0 spiro atoms. The molecule has 0 fully saturated rings. The highest BCUT2D eigenvalue weighted by atomic mass is 35.5. The summed E-state index contributed by atoms with van der Waals surface area (Å²) in [5, 5.41) is 4.17.